The van der Waals surface area contributed by atoms with Gasteiger partial charge in [0.25, 0.3) is 0 Å². The van der Waals surface area contributed by atoms with Gasteiger partial charge in [-0.3, -0.25) is 4.79 Å². The van der Waals surface area contributed by atoms with Crippen molar-refractivity contribution in [3.8, 4) is 0 Å². The first-order chi connectivity index (χ1) is 9.95. The van der Waals surface area contributed by atoms with Gasteiger partial charge >= 0.3 is 0 Å². The smallest absolute Gasteiger partial charge is 0.133 e. The van der Waals surface area contributed by atoms with E-state index in [1.165, 1.54) is 44.9 Å². The molecule has 4 fully saturated rings. The lowest BCUT2D eigenvalue weighted by Gasteiger charge is -2.60. The van der Waals surface area contributed by atoms with Crippen molar-refractivity contribution < 1.29 is 4.79 Å². The molecule has 0 aromatic carbocycles. The van der Waals surface area contributed by atoms with Crippen LogP contribution >= 0.6 is 0 Å². The van der Waals surface area contributed by atoms with Gasteiger partial charge in [0.2, 0.25) is 0 Å². The Bertz CT molecular complexity index is 455. The minimum atomic E-state index is 0.490. The van der Waals surface area contributed by atoms with Gasteiger partial charge in [-0.15, -0.1) is 0 Å². The molecule has 4 aliphatic rings. The Balaban J connectivity index is 1.64. The number of carbonyl (C=O) groups is 1. The number of hydrogen-bond acceptors (Lipinski definition) is 1. The summed E-state index contributed by atoms with van der Waals surface area (Å²) in [6, 6.07) is 0. The zero-order valence-corrected chi connectivity index (χ0v) is 14.2. The summed E-state index contributed by atoms with van der Waals surface area (Å²) in [5.41, 5.74) is 1.12. The average Bonchev–Trinajstić information content (AvgIpc) is 2.76. The first-order valence-corrected chi connectivity index (χ1v) is 9.47. The van der Waals surface area contributed by atoms with E-state index >= 15 is 0 Å². The van der Waals surface area contributed by atoms with Gasteiger partial charge in [-0.25, -0.2) is 0 Å². The lowest BCUT2D eigenvalue weighted by molar-refractivity contribution is -0.139. The van der Waals surface area contributed by atoms with Crippen molar-refractivity contribution in [2.24, 2.45) is 40.4 Å². The van der Waals surface area contributed by atoms with Crippen molar-refractivity contribution >= 4 is 5.78 Å². The Morgan fingerprint density at radius 3 is 2.48 bits per heavy atom. The molecule has 0 amide bonds. The summed E-state index contributed by atoms with van der Waals surface area (Å²) in [6.07, 6.45) is 11.6. The zero-order chi connectivity index (χ0) is 14.8. The first kappa shape index (κ1) is 14.3. The Labute approximate surface area is 130 Å². The molecule has 0 spiro atoms. The third kappa shape index (κ3) is 1.85. The van der Waals surface area contributed by atoms with Crippen molar-refractivity contribution in [1.29, 1.82) is 0 Å². The summed E-state index contributed by atoms with van der Waals surface area (Å²) < 4.78 is 0. The third-order valence-electron chi connectivity index (χ3n) is 8.96. The molecule has 0 saturated heterocycles. The largest absolute Gasteiger partial charge is 0.300 e. The molecule has 0 aliphatic heterocycles. The van der Waals surface area contributed by atoms with Gasteiger partial charge in [-0.05, 0) is 85.4 Å². The van der Waals surface area contributed by atoms with Crippen LogP contribution < -0.4 is 0 Å². The SMILES string of the molecule is C[C@H]1CC[C@H]2[C@@H]3CC[C@H]4CC(=O)CC[C@]4(C)[C@H]3CC[C@]12C. The Morgan fingerprint density at radius 2 is 1.67 bits per heavy atom. The second-order valence-corrected chi connectivity index (χ2v) is 9.42. The van der Waals surface area contributed by atoms with E-state index in [0.717, 1.165) is 36.5 Å². The van der Waals surface area contributed by atoms with Crippen LogP contribution in [0.4, 0.5) is 0 Å². The Hall–Kier alpha value is -0.330. The van der Waals surface area contributed by atoms with Crippen LogP contribution in [0.2, 0.25) is 0 Å². The fraction of sp³-hybridized carbons (Fsp3) is 0.950. The maximum Gasteiger partial charge on any atom is 0.133 e. The van der Waals surface area contributed by atoms with Crippen LogP contribution in [0.25, 0.3) is 0 Å². The molecule has 0 aromatic heterocycles. The Kier molecular flexibility index (Phi) is 3.12. The van der Waals surface area contributed by atoms with Crippen LogP contribution in [-0.2, 0) is 4.79 Å². The number of rotatable bonds is 0. The van der Waals surface area contributed by atoms with Crippen molar-refractivity contribution in [3.63, 3.8) is 0 Å². The van der Waals surface area contributed by atoms with Crippen molar-refractivity contribution in [1.82, 2.24) is 0 Å². The fourth-order valence-corrected chi connectivity index (χ4v) is 7.31. The van der Waals surface area contributed by atoms with Gasteiger partial charge in [0.05, 0.1) is 0 Å². The highest BCUT2D eigenvalue weighted by Gasteiger charge is 2.59. The monoisotopic (exact) mass is 288 g/mol. The summed E-state index contributed by atoms with van der Waals surface area (Å²) in [5.74, 6) is 5.08. The minimum absolute atomic E-state index is 0.490. The molecule has 4 rings (SSSR count). The molecule has 1 nitrogen and oxygen atoms in total. The molecular weight excluding hydrogens is 256 g/mol. The zero-order valence-electron chi connectivity index (χ0n) is 14.2. The minimum Gasteiger partial charge on any atom is -0.300 e. The van der Waals surface area contributed by atoms with E-state index < -0.39 is 0 Å². The van der Waals surface area contributed by atoms with Crippen molar-refractivity contribution in [2.45, 2.75) is 78.6 Å². The molecule has 4 saturated carbocycles. The van der Waals surface area contributed by atoms with E-state index in [1.807, 2.05) is 0 Å². The van der Waals surface area contributed by atoms with Crippen molar-refractivity contribution in [3.05, 3.63) is 0 Å². The predicted molar refractivity (Wildman–Crippen MR) is 85.9 cm³/mol. The van der Waals surface area contributed by atoms with Gasteiger partial charge < -0.3 is 0 Å². The lowest BCUT2D eigenvalue weighted by atomic mass is 9.45. The number of hydrogen-bond donors (Lipinski definition) is 0. The number of Topliss-reactive ketones (excluding diaryl/α,β-unsaturated/α-hetero) is 1. The molecule has 1 heteroatoms. The molecule has 0 heterocycles. The summed E-state index contributed by atoms with van der Waals surface area (Å²) in [6.45, 7) is 7.67. The highest BCUT2D eigenvalue weighted by molar-refractivity contribution is 5.79. The standard InChI is InChI=1S/C20H32O/c1-13-4-7-17-16-6-5-14-12-15(21)8-10-20(14,3)18(16)9-11-19(13,17)2/h13-14,16-18H,4-12H2,1-3H3/t13-,14-,16-,17-,18-,19+,20-/m0/s1. The predicted octanol–water partition coefficient (Wildman–Crippen LogP) is 5.23. The molecule has 0 unspecified atom stereocenters. The maximum atomic E-state index is 11.9. The topological polar surface area (TPSA) is 17.1 Å². The molecular formula is C20H32O. The van der Waals surface area contributed by atoms with E-state index in [4.69, 9.17) is 0 Å². The van der Waals surface area contributed by atoms with Crippen LogP contribution in [0.1, 0.15) is 78.6 Å². The molecule has 0 radical (unpaired) electrons. The summed E-state index contributed by atoms with van der Waals surface area (Å²) in [5, 5.41) is 0. The lowest BCUT2D eigenvalue weighted by Crippen LogP contribution is -2.53. The normalized spacial score (nSPS) is 56.5. The third-order valence-corrected chi connectivity index (χ3v) is 8.96. The van der Waals surface area contributed by atoms with Gasteiger partial charge in [0.15, 0.2) is 0 Å². The molecule has 0 aromatic rings. The van der Waals surface area contributed by atoms with E-state index in [1.54, 1.807) is 0 Å². The van der Waals surface area contributed by atoms with Crippen molar-refractivity contribution in [2.75, 3.05) is 0 Å². The number of carbonyl (C=O) groups excluding carboxylic acids is 1. The summed E-state index contributed by atoms with van der Waals surface area (Å²) in [4.78, 5) is 11.9. The maximum absolute atomic E-state index is 11.9. The summed E-state index contributed by atoms with van der Waals surface area (Å²) in [7, 11) is 0. The fourth-order valence-electron chi connectivity index (χ4n) is 7.31. The van der Waals surface area contributed by atoms with Gasteiger partial charge in [-0.2, -0.15) is 0 Å². The van der Waals surface area contributed by atoms with Gasteiger partial charge in [-0.1, -0.05) is 20.8 Å². The molecule has 0 bridgehead atoms. The Morgan fingerprint density at radius 1 is 0.905 bits per heavy atom. The highest BCUT2D eigenvalue weighted by atomic mass is 16.1. The molecule has 4 aliphatic carbocycles. The molecule has 118 valence electrons. The van der Waals surface area contributed by atoms with Crippen LogP contribution in [-0.4, -0.2) is 5.78 Å². The van der Waals surface area contributed by atoms with E-state index in [-0.39, 0.29) is 0 Å². The molecule has 0 N–H and O–H groups in total. The summed E-state index contributed by atoms with van der Waals surface area (Å²) >= 11 is 0. The van der Waals surface area contributed by atoms with Crippen LogP contribution in [0.15, 0.2) is 0 Å². The average molecular weight is 288 g/mol. The number of fused-ring (bicyclic) bond motifs is 5. The highest BCUT2D eigenvalue weighted by Crippen LogP contribution is 2.67. The molecule has 21 heavy (non-hydrogen) atoms. The second kappa shape index (κ2) is 4.59. The van der Waals surface area contributed by atoms with E-state index in [9.17, 15) is 4.79 Å². The number of ketones is 1. The molecule has 7 atom stereocenters. The first-order valence-electron chi connectivity index (χ1n) is 9.47. The van der Waals surface area contributed by atoms with E-state index in [0.29, 0.717) is 22.5 Å². The van der Waals surface area contributed by atoms with Gasteiger partial charge in [0, 0.05) is 12.8 Å². The second-order valence-electron chi connectivity index (χ2n) is 9.42. The van der Waals surface area contributed by atoms with Gasteiger partial charge in [0.1, 0.15) is 5.78 Å². The van der Waals surface area contributed by atoms with E-state index in [2.05, 4.69) is 20.8 Å². The van der Waals surface area contributed by atoms with Crippen LogP contribution in [0, 0.1) is 40.4 Å². The van der Waals surface area contributed by atoms with Crippen LogP contribution in [0.5, 0.6) is 0 Å². The quantitative estimate of drug-likeness (QED) is 0.596. The van der Waals surface area contributed by atoms with Crippen LogP contribution in [0.3, 0.4) is 0 Å².